The van der Waals surface area contributed by atoms with Crippen LogP contribution in [-0.2, 0) is 4.79 Å². The van der Waals surface area contributed by atoms with Gasteiger partial charge in [-0.25, -0.2) is 0 Å². The summed E-state index contributed by atoms with van der Waals surface area (Å²) >= 11 is 1.01. The van der Waals surface area contributed by atoms with Crippen LogP contribution in [0.2, 0.25) is 0 Å². The average molecular weight is 280 g/mol. The summed E-state index contributed by atoms with van der Waals surface area (Å²) in [6.07, 6.45) is 0. The molecule has 0 spiro atoms. The highest BCUT2D eigenvalue weighted by Gasteiger charge is 2.17. The van der Waals surface area contributed by atoms with Gasteiger partial charge in [0.15, 0.2) is 0 Å². The number of aliphatic carboxylic acids is 1. The van der Waals surface area contributed by atoms with Gasteiger partial charge in [0.2, 0.25) is 5.89 Å². The van der Waals surface area contributed by atoms with Crippen LogP contribution in [0, 0.1) is 0 Å². The summed E-state index contributed by atoms with van der Waals surface area (Å²) < 4.78 is 10.5. The number of carboxylic acids is 1. The molecule has 0 fully saturated rings. The van der Waals surface area contributed by atoms with E-state index in [9.17, 15) is 4.79 Å². The largest absolute Gasteiger partial charge is 0.497 e. The zero-order valence-electron chi connectivity index (χ0n) is 10.4. The molecule has 19 heavy (non-hydrogen) atoms. The van der Waals surface area contributed by atoms with Gasteiger partial charge in [-0.15, -0.1) is 10.2 Å². The molecule has 0 bridgehead atoms. The summed E-state index contributed by atoms with van der Waals surface area (Å²) in [5, 5.41) is 16.1. The maximum absolute atomic E-state index is 10.7. The lowest BCUT2D eigenvalue weighted by molar-refractivity contribution is -0.136. The van der Waals surface area contributed by atoms with Crippen molar-refractivity contribution in [3.8, 4) is 17.2 Å². The van der Waals surface area contributed by atoms with Crippen LogP contribution < -0.4 is 4.74 Å². The van der Waals surface area contributed by atoms with Crippen LogP contribution >= 0.6 is 11.8 Å². The maximum Gasteiger partial charge on any atom is 0.316 e. The molecule has 1 N–H and O–H groups in total. The van der Waals surface area contributed by atoms with Crippen LogP contribution in [0.5, 0.6) is 5.75 Å². The lowest BCUT2D eigenvalue weighted by atomic mass is 10.2. The van der Waals surface area contributed by atoms with Crippen LogP contribution in [0.1, 0.15) is 6.92 Å². The van der Waals surface area contributed by atoms with Gasteiger partial charge < -0.3 is 14.3 Å². The first-order valence-corrected chi connectivity index (χ1v) is 6.35. The summed E-state index contributed by atoms with van der Waals surface area (Å²) in [5.74, 6) is 0.0916. The second kappa shape index (κ2) is 5.75. The van der Waals surface area contributed by atoms with Crippen LogP contribution in [0.15, 0.2) is 33.9 Å². The van der Waals surface area contributed by atoms with Gasteiger partial charge in [0.1, 0.15) is 11.0 Å². The van der Waals surface area contributed by atoms with Crippen LogP contribution in [0.3, 0.4) is 0 Å². The number of methoxy groups -OCH3 is 1. The molecule has 6 nitrogen and oxygen atoms in total. The highest BCUT2D eigenvalue weighted by molar-refractivity contribution is 8.00. The number of thioether (sulfide) groups is 1. The van der Waals surface area contributed by atoms with Gasteiger partial charge in [-0.1, -0.05) is 17.8 Å². The summed E-state index contributed by atoms with van der Waals surface area (Å²) in [5.41, 5.74) is 0.724. The Morgan fingerprint density at radius 1 is 1.47 bits per heavy atom. The molecule has 100 valence electrons. The molecular weight excluding hydrogens is 268 g/mol. The van der Waals surface area contributed by atoms with Crippen molar-refractivity contribution >= 4 is 17.7 Å². The van der Waals surface area contributed by atoms with Crippen molar-refractivity contribution in [3.63, 3.8) is 0 Å². The van der Waals surface area contributed by atoms with Gasteiger partial charge in [0.25, 0.3) is 5.22 Å². The van der Waals surface area contributed by atoms with Crippen LogP contribution in [0.25, 0.3) is 11.5 Å². The number of aromatic nitrogens is 2. The molecule has 0 saturated heterocycles. The third-order valence-corrected chi connectivity index (χ3v) is 3.27. The van der Waals surface area contributed by atoms with E-state index in [0.717, 1.165) is 17.3 Å². The van der Waals surface area contributed by atoms with E-state index in [1.54, 1.807) is 20.1 Å². The first-order valence-electron chi connectivity index (χ1n) is 5.47. The number of carboxylic acid groups (broad SMARTS) is 1. The minimum atomic E-state index is -0.925. The van der Waals surface area contributed by atoms with Gasteiger partial charge in [-0.3, -0.25) is 4.79 Å². The number of carbonyl (C=O) groups is 1. The standard InChI is InChI=1S/C12H12N2O4S/c1-7(11(15)16)19-12-14-13-10(18-12)8-4-3-5-9(6-8)17-2/h3-7H,1-2H3,(H,15,16). The minimum absolute atomic E-state index is 0.229. The molecule has 1 unspecified atom stereocenters. The van der Waals surface area contributed by atoms with Crippen molar-refractivity contribution in [1.82, 2.24) is 10.2 Å². The fourth-order valence-electron chi connectivity index (χ4n) is 1.33. The topological polar surface area (TPSA) is 85.5 Å². The number of ether oxygens (including phenoxy) is 1. The fraction of sp³-hybridized carbons (Fsp3) is 0.250. The molecule has 1 heterocycles. The Labute approximate surface area is 113 Å². The lowest BCUT2D eigenvalue weighted by Crippen LogP contribution is -2.10. The smallest absolute Gasteiger partial charge is 0.316 e. The molecule has 1 aromatic carbocycles. The Hall–Kier alpha value is -2.02. The van der Waals surface area contributed by atoms with Gasteiger partial charge in [-0.05, 0) is 25.1 Å². The van der Waals surface area contributed by atoms with E-state index < -0.39 is 11.2 Å². The van der Waals surface area contributed by atoms with Crippen molar-refractivity contribution in [1.29, 1.82) is 0 Å². The first kappa shape index (κ1) is 13.4. The van der Waals surface area contributed by atoms with E-state index in [-0.39, 0.29) is 5.22 Å². The van der Waals surface area contributed by atoms with Gasteiger partial charge in [-0.2, -0.15) is 0 Å². The second-order valence-corrected chi connectivity index (χ2v) is 5.00. The Morgan fingerprint density at radius 3 is 2.95 bits per heavy atom. The van der Waals surface area contributed by atoms with Crippen molar-refractivity contribution < 1.29 is 19.1 Å². The molecule has 0 saturated carbocycles. The molecule has 1 aromatic heterocycles. The van der Waals surface area contributed by atoms with Crippen LogP contribution in [-0.4, -0.2) is 33.6 Å². The molecule has 2 aromatic rings. The summed E-state index contributed by atoms with van der Waals surface area (Å²) in [6.45, 7) is 1.56. The third kappa shape index (κ3) is 3.25. The monoisotopic (exact) mass is 280 g/mol. The number of benzene rings is 1. The Balaban J connectivity index is 2.18. The zero-order chi connectivity index (χ0) is 13.8. The molecule has 0 aliphatic heterocycles. The van der Waals surface area contributed by atoms with Crippen molar-refractivity contribution in [3.05, 3.63) is 24.3 Å². The minimum Gasteiger partial charge on any atom is -0.497 e. The lowest BCUT2D eigenvalue weighted by Gasteiger charge is -2.01. The zero-order valence-corrected chi connectivity index (χ0v) is 11.2. The molecular formula is C12H12N2O4S. The van der Waals surface area contributed by atoms with Crippen molar-refractivity contribution in [2.45, 2.75) is 17.4 Å². The molecule has 1 atom stereocenters. The van der Waals surface area contributed by atoms with E-state index in [0.29, 0.717) is 11.6 Å². The number of hydrogen-bond acceptors (Lipinski definition) is 6. The highest BCUT2D eigenvalue weighted by atomic mass is 32.2. The molecule has 0 amide bonds. The Morgan fingerprint density at radius 2 is 2.26 bits per heavy atom. The quantitative estimate of drug-likeness (QED) is 0.841. The van der Waals surface area contributed by atoms with Crippen LogP contribution in [0.4, 0.5) is 0 Å². The van der Waals surface area contributed by atoms with E-state index in [1.165, 1.54) is 0 Å². The summed E-state index contributed by atoms with van der Waals surface area (Å²) in [6, 6.07) is 7.20. The number of nitrogens with zero attached hydrogens (tertiary/aromatic N) is 2. The van der Waals surface area contributed by atoms with E-state index >= 15 is 0 Å². The van der Waals surface area contributed by atoms with E-state index in [4.69, 9.17) is 14.3 Å². The second-order valence-electron chi connectivity index (χ2n) is 3.70. The number of rotatable bonds is 5. The van der Waals surface area contributed by atoms with E-state index in [2.05, 4.69) is 10.2 Å². The highest BCUT2D eigenvalue weighted by Crippen LogP contribution is 2.27. The predicted molar refractivity (Wildman–Crippen MR) is 69.2 cm³/mol. The fourth-order valence-corrected chi connectivity index (χ4v) is 1.95. The van der Waals surface area contributed by atoms with Crippen molar-refractivity contribution in [2.24, 2.45) is 0 Å². The number of hydrogen-bond donors (Lipinski definition) is 1. The van der Waals surface area contributed by atoms with E-state index in [1.807, 2.05) is 18.2 Å². The first-order chi connectivity index (χ1) is 9.10. The molecule has 2 rings (SSSR count). The summed E-state index contributed by atoms with van der Waals surface area (Å²) in [4.78, 5) is 10.7. The SMILES string of the molecule is COc1cccc(-c2nnc(SC(C)C(=O)O)o2)c1. The average Bonchev–Trinajstić information content (AvgIpc) is 2.87. The Kier molecular flexibility index (Phi) is 4.06. The predicted octanol–water partition coefficient (Wildman–Crippen LogP) is 2.31. The third-order valence-electron chi connectivity index (χ3n) is 2.35. The van der Waals surface area contributed by atoms with Gasteiger partial charge in [0, 0.05) is 5.56 Å². The Bertz CT molecular complexity index is 585. The summed E-state index contributed by atoms with van der Waals surface area (Å²) in [7, 11) is 1.57. The van der Waals surface area contributed by atoms with Crippen molar-refractivity contribution in [2.75, 3.05) is 7.11 Å². The normalized spacial score (nSPS) is 12.1. The molecule has 7 heteroatoms. The van der Waals surface area contributed by atoms with Gasteiger partial charge in [0.05, 0.1) is 7.11 Å². The molecule has 0 radical (unpaired) electrons. The maximum atomic E-state index is 10.7. The van der Waals surface area contributed by atoms with Gasteiger partial charge >= 0.3 is 5.97 Å². The molecule has 0 aliphatic rings. The molecule has 0 aliphatic carbocycles.